The van der Waals surface area contributed by atoms with Crippen LogP contribution in [0, 0.1) is 6.92 Å². The first kappa shape index (κ1) is 9.39. The van der Waals surface area contributed by atoms with E-state index in [-0.39, 0.29) is 0 Å². The summed E-state index contributed by atoms with van der Waals surface area (Å²) in [6.45, 7) is 2.56. The van der Waals surface area contributed by atoms with Crippen LogP contribution in [0.3, 0.4) is 0 Å². The van der Waals surface area contributed by atoms with Crippen molar-refractivity contribution in [3.63, 3.8) is 0 Å². The second-order valence-electron chi connectivity index (χ2n) is 0.394. The van der Waals surface area contributed by atoms with Crippen LogP contribution >= 0.6 is 0 Å². The van der Waals surface area contributed by atoms with E-state index < -0.39 is 5.97 Å². The molecule has 1 N–H and O–H groups in total. The van der Waals surface area contributed by atoms with E-state index >= 15 is 0 Å². The van der Waals surface area contributed by atoms with Crippen molar-refractivity contribution in [2.45, 2.75) is 0 Å². The van der Waals surface area contributed by atoms with Gasteiger partial charge in [-0.3, -0.25) is 11.7 Å². The first-order valence-corrected chi connectivity index (χ1v) is 1.99. The van der Waals surface area contributed by atoms with Crippen LogP contribution in [-0.2, 0) is 32.3 Å². The van der Waals surface area contributed by atoms with Gasteiger partial charge in [-0.15, -0.1) is 0 Å². The van der Waals surface area contributed by atoms with Crippen molar-refractivity contribution >= 4 is 5.97 Å². The topological polar surface area (TPSA) is 54.4 Å². The Morgan fingerprint density at radius 2 is 1.67 bits per heavy atom. The Labute approximate surface area is 50.6 Å². The monoisotopic (exact) mass is 165 g/mol. The molecule has 0 saturated carbocycles. The molecule has 0 aliphatic rings. The van der Waals surface area contributed by atoms with Crippen molar-refractivity contribution in [1.29, 1.82) is 0 Å². The normalized spacial score (nSPS) is 4.50. The van der Waals surface area contributed by atoms with E-state index in [1.165, 1.54) is 0 Å². The number of carbonyl (C=O) groups is 1. The van der Waals surface area contributed by atoms with Crippen LogP contribution in [0.2, 0.25) is 0 Å². The van der Waals surface area contributed by atoms with Crippen molar-refractivity contribution < 1.29 is 37.4 Å². The molecule has 0 unspecified atom stereocenters. The number of carboxylic acid groups (broad SMARTS) is 1. The average molecular weight is 166 g/mol. The van der Waals surface area contributed by atoms with Crippen molar-refractivity contribution in [1.82, 2.24) is 0 Å². The van der Waals surface area contributed by atoms with Gasteiger partial charge >= 0.3 is 27.5 Å². The summed E-state index contributed by atoms with van der Waals surface area (Å²) in [6.07, 6.45) is 0. The number of hydrogen-bond donors (Lipinski definition) is 1. The second-order valence-corrected chi connectivity index (χ2v) is 0.394. The summed E-state index contributed by atoms with van der Waals surface area (Å²) in [5, 5.41) is 7.31. The first-order valence-electron chi connectivity index (χ1n) is 0.985. The maximum atomic E-state index is 8.89. The van der Waals surface area contributed by atoms with E-state index in [0.717, 1.165) is 0 Å². The van der Waals surface area contributed by atoms with Crippen LogP contribution in [0.5, 0.6) is 0 Å². The van der Waals surface area contributed by atoms with E-state index in [0.29, 0.717) is 24.7 Å². The van der Waals surface area contributed by atoms with Crippen molar-refractivity contribution in [2.75, 3.05) is 0 Å². The fourth-order valence-electron chi connectivity index (χ4n) is 0. The molecule has 0 rings (SSSR count). The van der Waals surface area contributed by atoms with Crippen molar-refractivity contribution in [3.05, 3.63) is 6.92 Å². The van der Waals surface area contributed by atoms with Gasteiger partial charge in [0.1, 0.15) is 0 Å². The molecule has 0 bridgehead atoms. The molecule has 4 heteroatoms. The van der Waals surface area contributed by atoms with Gasteiger partial charge in [0, 0.05) is 0 Å². The number of carboxylic acids is 1. The van der Waals surface area contributed by atoms with E-state index in [1.807, 2.05) is 0 Å². The molecule has 0 radical (unpaired) electrons. The number of hydrogen-bond acceptors (Lipinski definition) is 2. The Hall–Kier alpha value is 0.0231. The third-order valence-corrected chi connectivity index (χ3v) is 0. The molecule has 0 heterocycles. The Morgan fingerprint density at radius 1 is 1.67 bits per heavy atom. The molecule has 0 saturated heterocycles. The third kappa shape index (κ3) is 68800. The number of rotatable bonds is 0. The van der Waals surface area contributed by atoms with E-state index in [9.17, 15) is 0 Å². The van der Waals surface area contributed by atoms with Crippen LogP contribution in [0.1, 0.15) is 0 Å². The van der Waals surface area contributed by atoms with Crippen LogP contribution in [0.4, 0.5) is 0 Å². The zero-order chi connectivity index (χ0) is 5.58. The summed E-state index contributed by atoms with van der Waals surface area (Å²) in [7, 11) is 0. The molecule has 34 valence electrons. The molecular weight excluding hydrogens is 163 g/mol. The summed E-state index contributed by atoms with van der Waals surface area (Å²) in [6, 6.07) is 0. The molecule has 0 aromatic heterocycles. The van der Waals surface area contributed by atoms with Gasteiger partial charge in [0.2, 0.25) is 0 Å². The standard InChI is InChI=1S/C2H3O2.O.Zr/c1-2(3)4;;/h1H2,(H,3,4);;/q-1;;. The van der Waals surface area contributed by atoms with Crippen LogP contribution in [-0.4, -0.2) is 11.1 Å². The Balaban J connectivity index is 0. The van der Waals surface area contributed by atoms with Crippen molar-refractivity contribution in [3.8, 4) is 0 Å². The molecule has 0 aliphatic heterocycles. The molecular formula is C2H3O3Zr-. The fourth-order valence-corrected chi connectivity index (χ4v) is 0. The maximum absolute atomic E-state index is 8.89. The van der Waals surface area contributed by atoms with Gasteiger partial charge in [0.15, 0.2) is 5.97 Å². The van der Waals surface area contributed by atoms with Crippen LogP contribution < -0.4 is 0 Å². The van der Waals surface area contributed by atoms with E-state index in [4.69, 9.17) is 12.7 Å². The van der Waals surface area contributed by atoms with E-state index in [1.54, 1.807) is 0 Å². The fraction of sp³-hybridized carbons (Fsp3) is 0. The molecule has 0 atom stereocenters. The van der Waals surface area contributed by atoms with Gasteiger partial charge in [0.25, 0.3) is 0 Å². The Kier molecular flexibility index (Phi) is 13.9. The molecule has 0 aliphatic carbocycles. The zero-order valence-corrected chi connectivity index (χ0v) is 5.43. The second kappa shape index (κ2) is 8.90. The summed E-state index contributed by atoms with van der Waals surface area (Å²) in [5.74, 6) is -1.08. The first-order chi connectivity index (χ1) is 2.73. The SMILES string of the molecule is [CH2-]C(=O)O.[O]=[Zr]. The Morgan fingerprint density at radius 3 is 1.67 bits per heavy atom. The molecule has 6 heavy (non-hydrogen) atoms. The molecule has 0 aromatic rings. The molecule has 0 spiro atoms. The minimum atomic E-state index is -1.08. The van der Waals surface area contributed by atoms with E-state index in [2.05, 4.69) is 6.92 Å². The van der Waals surface area contributed by atoms with Gasteiger partial charge < -0.3 is 5.11 Å². The molecule has 0 fully saturated rings. The van der Waals surface area contributed by atoms with Gasteiger partial charge in [0.05, 0.1) is 0 Å². The predicted octanol–water partition coefficient (Wildman–Crippen LogP) is -0.216. The van der Waals surface area contributed by atoms with Gasteiger partial charge in [-0.25, -0.2) is 0 Å². The third-order valence-electron chi connectivity index (χ3n) is 0. The molecule has 3 nitrogen and oxygen atoms in total. The molecule has 0 aromatic carbocycles. The summed E-state index contributed by atoms with van der Waals surface area (Å²) in [4.78, 5) is 8.89. The average Bonchev–Trinajstić information content (AvgIpc) is 1.41. The van der Waals surface area contributed by atoms with Crippen molar-refractivity contribution in [2.24, 2.45) is 0 Å². The Bertz CT molecular complexity index is 40.1. The zero-order valence-electron chi connectivity index (χ0n) is 2.97. The summed E-state index contributed by atoms with van der Waals surface area (Å²) < 4.78 is 8.34. The quantitative estimate of drug-likeness (QED) is 0.506. The van der Waals surface area contributed by atoms with Gasteiger partial charge in [-0.2, -0.15) is 0 Å². The van der Waals surface area contributed by atoms with Gasteiger partial charge in [-0.05, 0) is 0 Å². The minimum absolute atomic E-state index is 0.300. The number of aliphatic carboxylic acids is 1. The predicted molar refractivity (Wildman–Crippen MR) is 13.7 cm³/mol. The summed E-state index contributed by atoms with van der Waals surface area (Å²) >= 11 is 0.300. The summed E-state index contributed by atoms with van der Waals surface area (Å²) in [5.41, 5.74) is 0. The van der Waals surface area contributed by atoms with Crippen LogP contribution in [0.15, 0.2) is 0 Å². The molecule has 0 amide bonds. The van der Waals surface area contributed by atoms with Crippen LogP contribution in [0.25, 0.3) is 0 Å². The van der Waals surface area contributed by atoms with Gasteiger partial charge in [-0.1, -0.05) is 0 Å².